The maximum atomic E-state index is 5.75. The van der Waals surface area contributed by atoms with E-state index in [1.807, 2.05) is 13.8 Å². The number of hydrogen-bond donors (Lipinski definition) is 2. The van der Waals surface area contributed by atoms with Crippen LogP contribution < -0.4 is 11.1 Å². The Morgan fingerprint density at radius 2 is 2.45 bits per heavy atom. The van der Waals surface area contributed by atoms with Gasteiger partial charge < -0.3 is 11.1 Å². The maximum absolute atomic E-state index is 5.75. The van der Waals surface area contributed by atoms with E-state index in [1.165, 1.54) is 11.3 Å². The van der Waals surface area contributed by atoms with Crippen molar-refractivity contribution in [3.8, 4) is 0 Å². The first-order valence-corrected chi connectivity index (χ1v) is 4.25. The quantitative estimate of drug-likeness (QED) is 0.704. The SMILES string of the molecule is CC(C)(N)CNc1nncs1. The Hall–Kier alpha value is -0.680. The number of nitrogens with zero attached hydrogens (tertiary/aromatic N) is 2. The van der Waals surface area contributed by atoms with Crippen LogP contribution in [0.25, 0.3) is 0 Å². The molecule has 0 aliphatic heterocycles. The van der Waals surface area contributed by atoms with Crippen LogP contribution in [0.1, 0.15) is 13.8 Å². The van der Waals surface area contributed by atoms with Crippen molar-refractivity contribution in [3.63, 3.8) is 0 Å². The van der Waals surface area contributed by atoms with E-state index in [0.717, 1.165) is 5.13 Å². The minimum absolute atomic E-state index is 0.203. The number of rotatable bonds is 3. The van der Waals surface area contributed by atoms with Gasteiger partial charge in [-0.1, -0.05) is 11.3 Å². The van der Waals surface area contributed by atoms with Crippen LogP contribution in [0, 0.1) is 0 Å². The third-order valence-electron chi connectivity index (χ3n) is 1.06. The van der Waals surface area contributed by atoms with Gasteiger partial charge in [0.2, 0.25) is 5.13 Å². The highest BCUT2D eigenvalue weighted by molar-refractivity contribution is 7.13. The van der Waals surface area contributed by atoms with Gasteiger partial charge in [-0.05, 0) is 13.8 Å². The summed E-state index contributed by atoms with van der Waals surface area (Å²) in [6, 6.07) is 0. The standard InChI is InChI=1S/C6H12N4S/c1-6(2,7)3-8-5-10-9-4-11-5/h4H,3,7H2,1-2H3,(H,8,10). The smallest absolute Gasteiger partial charge is 0.205 e. The molecule has 0 saturated heterocycles. The molecule has 0 unspecified atom stereocenters. The maximum Gasteiger partial charge on any atom is 0.205 e. The van der Waals surface area contributed by atoms with Crippen LogP contribution in [0.4, 0.5) is 5.13 Å². The number of nitrogens with two attached hydrogens (primary N) is 1. The first-order valence-electron chi connectivity index (χ1n) is 3.37. The molecule has 4 nitrogen and oxygen atoms in total. The number of nitrogens with one attached hydrogen (secondary N) is 1. The van der Waals surface area contributed by atoms with Gasteiger partial charge in [0.15, 0.2) is 0 Å². The second kappa shape index (κ2) is 3.15. The molecule has 0 bridgehead atoms. The predicted molar refractivity (Wildman–Crippen MR) is 46.7 cm³/mol. The summed E-state index contributed by atoms with van der Waals surface area (Å²) < 4.78 is 0. The molecule has 0 aromatic carbocycles. The Morgan fingerprint density at radius 3 is 2.91 bits per heavy atom. The molecule has 11 heavy (non-hydrogen) atoms. The fourth-order valence-electron chi connectivity index (χ4n) is 0.554. The van der Waals surface area contributed by atoms with Gasteiger partial charge in [0.05, 0.1) is 0 Å². The zero-order chi connectivity index (χ0) is 8.32. The molecule has 3 N–H and O–H groups in total. The highest BCUT2D eigenvalue weighted by atomic mass is 32.1. The van der Waals surface area contributed by atoms with Gasteiger partial charge in [0.25, 0.3) is 0 Å². The Labute approximate surface area is 69.8 Å². The molecule has 5 heteroatoms. The van der Waals surface area contributed by atoms with Crippen LogP contribution in [0.2, 0.25) is 0 Å². The van der Waals surface area contributed by atoms with Crippen molar-refractivity contribution in [2.45, 2.75) is 19.4 Å². The van der Waals surface area contributed by atoms with Gasteiger partial charge >= 0.3 is 0 Å². The fourth-order valence-corrected chi connectivity index (χ4v) is 0.997. The van der Waals surface area contributed by atoms with Crippen LogP contribution >= 0.6 is 11.3 Å². The van der Waals surface area contributed by atoms with E-state index in [1.54, 1.807) is 5.51 Å². The minimum atomic E-state index is -0.203. The number of anilines is 1. The van der Waals surface area contributed by atoms with Crippen LogP contribution in [-0.4, -0.2) is 22.3 Å². The van der Waals surface area contributed by atoms with E-state index in [9.17, 15) is 0 Å². The molecule has 62 valence electrons. The molecule has 1 aromatic rings. The van der Waals surface area contributed by atoms with E-state index < -0.39 is 0 Å². The van der Waals surface area contributed by atoms with Gasteiger partial charge in [-0.3, -0.25) is 0 Å². The first-order chi connectivity index (χ1) is 5.08. The van der Waals surface area contributed by atoms with Crippen molar-refractivity contribution in [2.75, 3.05) is 11.9 Å². The topological polar surface area (TPSA) is 63.8 Å². The molecule has 0 aliphatic rings. The Balaban J connectivity index is 2.35. The van der Waals surface area contributed by atoms with Crippen molar-refractivity contribution in [1.29, 1.82) is 0 Å². The Bertz CT molecular complexity index is 201. The van der Waals surface area contributed by atoms with Gasteiger partial charge in [0, 0.05) is 12.1 Å². The first kappa shape index (κ1) is 8.42. The van der Waals surface area contributed by atoms with E-state index in [0.29, 0.717) is 6.54 Å². The van der Waals surface area contributed by atoms with E-state index in [4.69, 9.17) is 5.73 Å². The van der Waals surface area contributed by atoms with Crippen LogP contribution in [-0.2, 0) is 0 Å². The highest BCUT2D eigenvalue weighted by Crippen LogP contribution is 2.08. The second-order valence-electron chi connectivity index (χ2n) is 3.09. The Morgan fingerprint density at radius 1 is 1.73 bits per heavy atom. The van der Waals surface area contributed by atoms with Crippen LogP contribution in [0.3, 0.4) is 0 Å². The molecule has 0 amide bonds. The normalized spacial score (nSPS) is 11.5. The van der Waals surface area contributed by atoms with Crippen molar-refractivity contribution in [1.82, 2.24) is 10.2 Å². The summed E-state index contributed by atoms with van der Waals surface area (Å²) >= 11 is 1.47. The predicted octanol–water partition coefficient (Wildman–Crippen LogP) is 0.687. The summed E-state index contributed by atoms with van der Waals surface area (Å²) in [5, 5.41) is 11.4. The van der Waals surface area contributed by atoms with Gasteiger partial charge in [-0.25, -0.2) is 0 Å². The van der Waals surface area contributed by atoms with Crippen LogP contribution in [0.5, 0.6) is 0 Å². The molecule has 0 saturated carbocycles. The summed E-state index contributed by atoms with van der Waals surface area (Å²) in [6.07, 6.45) is 0. The monoisotopic (exact) mass is 172 g/mol. The summed E-state index contributed by atoms with van der Waals surface area (Å²) in [7, 11) is 0. The van der Waals surface area contributed by atoms with Crippen molar-refractivity contribution < 1.29 is 0 Å². The van der Waals surface area contributed by atoms with Crippen LogP contribution in [0.15, 0.2) is 5.51 Å². The third-order valence-corrected chi connectivity index (χ3v) is 1.70. The van der Waals surface area contributed by atoms with Gasteiger partial charge in [-0.15, -0.1) is 10.2 Å². The zero-order valence-electron chi connectivity index (χ0n) is 6.66. The fraction of sp³-hybridized carbons (Fsp3) is 0.667. The lowest BCUT2D eigenvalue weighted by molar-refractivity contribution is 0.549. The third kappa shape index (κ3) is 3.29. The van der Waals surface area contributed by atoms with E-state index >= 15 is 0 Å². The lowest BCUT2D eigenvalue weighted by atomic mass is 10.1. The summed E-state index contributed by atoms with van der Waals surface area (Å²) in [4.78, 5) is 0. The van der Waals surface area contributed by atoms with E-state index in [2.05, 4.69) is 15.5 Å². The van der Waals surface area contributed by atoms with Crippen molar-refractivity contribution in [3.05, 3.63) is 5.51 Å². The number of aromatic nitrogens is 2. The summed E-state index contributed by atoms with van der Waals surface area (Å²) in [6.45, 7) is 4.63. The molecule has 0 aliphatic carbocycles. The van der Waals surface area contributed by atoms with E-state index in [-0.39, 0.29) is 5.54 Å². The summed E-state index contributed by atoms with van der Waals surface area (Å²) in [5.41, 5.74) is 7.23. The lowest BCUT2D eigenvalue weighted by Gasteiger charge is -2.17. The molecule has 0 atom stereocenters. The molecule has 1 aromatic heterocycles. The number of hydrogen-bond acceptors (Lipinski definition) is 5. The largest absolute Gasteiger partial charge is 0.358 e. The molecular weight excluding hydrogens is 160 g/mol. The molecular formula is C6H12N4S. The molecule has 1 heterocycles. The molecule has 0 radical (unpaired) electrons. The highest BCUT2D eigenvalue weighted by Gasteiger charge is 2.10. The minimum Gasteiger partial charge on any atom is -0.358 e. The van der Waals surface area contributed by atoms with Crippen molar-refractivity contribution >= 4 is 16.5 Å². The second-order valence-corrected chi connectivity index (χ2v) is 3.92. The average molecular weight is 172 g/mol. The summed E-state index contributed by atoms with van der Waals surface area (Å²) in [5.74, 6) is 0. The zero-order valence-corrected chi connectivity index (χ0v) is 7.48. The lowest BCUT2D eigenvalue weighted by Crippen LogP contribution is -2.39. The van der Waals surface area contributed by atoms with Gasteiger partial charge in [0.1, 0.15) is 5.51 Å². The van der Waals surface area contributed by atoms with Gasteiger partial charge in [-0.2, -0.15) is 0 Å². The molecule has 0 spiro atoms. The average Bonchev–Trinajstić information content (AvgIpc) is 2.32. The Kier molecular flexibility index (Phi) is 2.41. The molecule has 0 fully saturated rings. The van der Waals surface area contributed by atoms with Crippen molar-refractivity contribution in [2.24, 2.45) is 5.73 Å². The molecule has 1 rings (SSSR count).